The lowest BCUT2D eigenvalue weighted by atomic mass is 10.2. The van der Waals surface area contributed by atoms with Crippen molar-refractivity contribution in [3.63, 3.8) is 0 Å². The number of hydrogen-bond donors (Lipinski definition) is 2. The van der Waals surface area contributed by atoms with Gasteiger partial charge in [-0.15, -0.1) is 0 Å². The summed E-state index contributed by atoms with van der Waals surface area (Å²) in [6, 6.07) is 7.44. The molecule has 5 nitrogen and oxygen atoms in total. The standard InChI is InChI=1S/C13H19N3O2/c1-13(2,3)18-12(17)15-8-10-6-4-5-7-11(10)16-9-14/h4-7,9H,8H2,1-3H3,(H2,14,16)(H,15,17). The third kappa shape index (κ3) is 4.86. The van der Waals surface area contributed by atoms with Crippen molar-refractivity contribution in [2.75, 3.05) is 0 Å². The summed E-state index contributed by atoms with van der Waals surface area (Å²) in [5, 5.41) is 2.68. The molecule has 0 fully saturated rings. The average molecular weight is 249 g/mol. The second-order valence-electron chi connectivity index (χ2n) is 4.76. The van der Waals surface area contributed by atoms with Gasteiger partial charge in [0.1, 0.15) is 5.60 Å². The van der Waals surface area contributed by atoms with E-state index in [-0.39, 0.29) is 0 Å². The molecule has 0 spiro atoms. The zero-order chi connectivity index (χ0) is 13.6. The molecule has 98 valence electrons. The van der Waals surface area contributed by atoms with Crippen molar-refractivity contribution < 1.29 is 9.53 Å². The highest BCUT2D eigenvalue weighted by Gasteiger charge is 2.15. The number of para-hydroxylation sites is 1. The van der Waals surface area contributed by atoms with Crippen molar-refractivity contribution in [2.24, 2.45) is 10.7 Å². The van der Waals surface area contributed by atoms with Gasteiger partial charge in [-0.1, -0.05) is 18.2 Å². The number of benzene rings is 1. The molecule has 0 aliphatic rings. The van der Waals surface area contributed by atoms with Gasteiger partial charge in [0.25, 0.3) is 0 Å². The molecule has 0 unspecified atom stereocenters. The summed E-state index contributed by atoms with van der Waals surface area (Å²) in [7, 11) is 0. The maximum atomic E-state index is 11.5. The molecule has 0 aliphatic carbocycles. The zero-order valence-electron chi connectivity index (χ0n) is 10.9. The first-order valence-electron chi connectivity index (χ1n) is 5.71. The third-order valence-corrected chi connectivity index (χ3v) is 2.03. The first-order chi connectivity index (χ1) is 8.42. The lowest BCUT2D eigenvalue weighted by Gasteiger charge is -2.19. The van der Waals surface area contributed by atoms with E-state index >= 15 is 0 Å². The predicted molar refractivity (Wildman–Crippen MR) is 71.9 cm³/mol. The number of carbonyl (C=O) groups excluding carboxylic acids is 1. The fourth-order valence-electron chi connectivity index (χ4n) is 1.35. The van der Waals surface area contributed by atoms with Crippen LogP contribution in [0.4, 0.5) is 10.5 Å². The molecule has 3 N–H and O–H groups in total. The summed E-state index contributed by atoms with van der Waals surface area (Å²) in [4.78, 5) is 15.5. The molecule has 0 heterocycles. The predicted octanol–water partition coefficient (Wildman–Crippen LogP) is 2.33. The van der Waals surface area contributed by atoms with Crippen LogP contribution in [0, 0.1) is 0 Å². The SMILES string of the molecule is CC(C)(C)OC(=O)NCc1ccccc1N=CN. The Bertz CT molecular complexity index is 436. The van der Waals surface area contributed by atoms with Crippen molar-refractivity contribution in [1.82, 2.24) is 5.32 Å². The number of hydrogen-bond acceptors (Lipinski definition) is 3. The Morgan fingerprint density at radius 2 is 2.11 bits per heavy atom. The van der Waals surface area contributed by atoms with Crippen LogP contribution < -0.4 is 11.1 Å². The summed E-state index contributed by atoms with van der Waals surface area (Å²) < 4.78 is 5.15. The third-order valence-electron chi connectivity index (χ3n) is 2.03. The summed E-state index contributed by atoms with van der Waals surface area (Å²) in [5.74, 6) is 0. The van der Waals surface area contributed by atoms with Gasteiger partial charge >= 0.3 is 6.09 Å². The van der Waals surface area contributed by atoms with Crippen LogP contribution in [0.15, 0.2) is 29.3 Å². The number of nitrogens with two attached hydrogens (primary N) is 1. The summed E-state index contributed by atoms with van der Waals surface area (Å²) in [5.41, 5.74) is 6.38. The number of alkyl carbamates (subject to hydrolysis) is 1. The summed E-state index contributed by atoms with van der Waals surface area (Å²) in [6.45, 7) is 5.81. The smallest absolute Gasteiger partial charge is 0.407 e. The Balaban J connectivity index is 2.61. The molecular weight excluding hydrogens is 230 g/mol. The molecule has 5 heteroatoms. The van der Waals surface area contributed by atoms with E-state index < -0.39 is 11.7 Å². The van der Waals surface area contributed by atoms with Crippen LogP contribution in [0.1, 0.15) is 26.3 Å². The Labute approximate surface area is 107 Å². The van der Waals surface area contributed by atoms with E-state index in [2.05, 4.69) is 10.3 Å². The van der Waals surface area contributed by atoms with Gasteiger partial charge in [0, 0.05) is 6.54 Å². The van der Waals surface area contributed by atoms with E-state index in [1.807, 2.05) is 45.0 Å². The Morgan fingerprint density at radius 1 is 1.44 bits per heavy atom. The largest absolute Gasteiger partial charge is 0.444 e. The van der Waals surface area contributed by atoms with Crippen molar-refractivity contribution in [2.45, 2.75) is 32.9 Å². The Morgan fingerprint density at radius 3 is 2.72 bits per heavy atom. The van der Waals surface area contributed by atoms with E-state index in [0.29, 0.717) is 6.54 Å². The first kappa shape index (κ1) is 14.0. The number of rotatable bonds is 3. The Kier molecular flexibility index (Phi) is 4.71. The van der Waals surface area contributed by atoms with Crippen LogP contribution in [0.3, 0.4) is 0 Å². The van der Waals surface area contributed by atoms with Crippen LogP contribution >= 0.6 is 0 Å². The maximum absolute atomic E-state index is 11.5. The molecule has 0 aromatic heterocycles. The van der Waals surface area contributed by atoms with Crippen molar-refractivity contribution >= 4 is 18.1 Å². The molecule has 1 rings (SSSR count). The van der Waals surface area contributed by atoms with Crippen LogP contribution in [-0.4, -0.2) is 18.0 Å². The highest BCUT2D eigenvalue weighted by atomic mass is 16.6. The van der Waals surface area contributed by atoms with Crippen LogP contribution in [0.2, 0.25) is 0 Å². The van der Waals surface area contributed by atoms with E-state index in [4.69, 9.17) is 10.5 Å². The minimum atomic E-state index is -0.501. The van der Waals surface area contributed by atoms with Crippen molar-refractivity contribution in [3.8, 4) is 0 Å². The second kappa shape index (κ2) is 6.05. The van der Waals surface area contributed by atoms with E-state index in [0.717, 1.165) is 11.3 Å². The van der Waals surface area contributed by atoms with Crippen LogP contribution in [0.25, 0.3) is 0 Å². The Hall–Kier alpha value is -2.04. The molecular formula is C13H19N3O2. The molecule has 0 aliphatic heterocycles. The highest BCUT2D eigenvalue weighted by molar-refractivity contribution is 5.68. The molecule has 1 aromatic rings. The van der Waals surface area contributed by atoms with E-state index in [1.54, 1.807) is 0 Å². The number of amides is 1. The second-order valence-corrected chi connectivity index (χ2v) is 4.76. The molecule has 0 saturated heterocycles. The molecule has 0 radical (unpaired) electrons. The molecule has 18 heavy (non-hydrogen) atoms. The summed E-state index contributed by atoms with van der Waals surface area (Å²) in [6.07, 6.45) is 0.779. The molecule has 0 atom stereocenters. The van der Waals surface area contributed by atoms with Gasteiger partial charge in [0.15, 0.2) is 0 Å². The quantitative estimate of drug-likeness (QED) is 0.637. The minimum absolute atomic E-state index is 0.350. The topological polar surface area (TPSA) is 76.7 Å². The van der Waals surface area contributed by atoms with Gasteiger partial charge in [-0.25, -0.2) is 9.79 Å². The van der Waals surface area contributed by atoms with Gasteiger partial charge in [0.05, 0.1) is 12.0 Å². The summed E-state index contributed by atoms with van der Waals surface area (Å²) >= 11 is 0. The number of nitrogens with one attached hydrogen (secondary N) is 1. The number of carbonyl (C=O) groups is 1. The first-order valence-corrected chi connectivity index (χ1v) is 5.71. The highest BCUT2D eigenvalue weighted by Crippen LogP contribution is 2.17. The molecule has 0 saturated carbocycles. The van der Waals surface area contributed by atoms with Crippen molar-refractivity contribution in [3.05, 3.63) is 29.8 Å². The van der Waals surface area contributed by atoms with Gasteiger partial charge < -0.3 is 15.8 Å². The molecule has 0 bridgehead atoms. The van der Waals surface area contributed by atoms with Gasteiger partial charge in [-0.05, 0) is 32.4 Å². The van der Waals surface area contributed by atoms with E-state index in [1.165, 1.54) is 6.34 Å². The lowest BCUT2D eigenvalue weighted by molar-refractivity contribution is 0.0523. The van der Waals surface area contributed by atoms with Crippen LogP contribution in [-0.2, 0) is 11.3 Å². The minimum Gasteiger partial charge on any atom is -0.444 e. The fraction of sp³-hybridized carbons (Fsp3) is 0.385. The zero-order valence-corrected chi connectivity index (χ0v) is 10.9. The van der Waals surface area contributed by atoms with E-state index in [9.17, 15) is 4.79 Å². The average Bonchev–Trinajstić information content (AvgIpc) is 2.26. The number of ether oxygens (including phenoxy) is 1. The normalized spacial score (nSPS) is 11.5. The maximum Gasteiger partial charge on any atom is 0.407 e. The monoisotopic (exact) mass is 249 g/mol. The number of aliphatic imine (C=N–C) groups is 1. The number of nitrogens with zero attached hydrogens (tertiary/aromatic N) is 1. The van der Waals surface area contributed by atoms with Gasteiger partial charge in [0.2, 0.25) is 0 Å². The molecule has 1 aromatic carbocycles. The van der Waals surface area contributed by atoms with Crippen LogP contribution in [0.5, 0.6) is 0 Å². The molecule has 1 amide bonds. The lowest BCUT2D eigenvalue weighted by Crippen LogP contribution is -2.32. The van der Waals surface area contributed by atoms with Crippen molar-refractivity contribution in [1.29, 1.82) is 0 Å². The fourth-order valence-corrected chi connectivity index (χ4v) is 1.35. The van der Waals surface area contributed by atoms with Gasteiger partial charge in [-0.2, -0.15) is 0 Å². The van der Waals surface area contributed by atoms with Gasteiger partial charge in [-0.3, -0.25) is 0 Å².